The van der Waals surface area contributed by atoms with Crippen molar-refractivity contribution in [3.63, 3.8) is 0 Å². The molecule has 1 aliphatic heterocycles. The van der Waals surface area contributed by atoms with Crippen LogP contribution in [-0.4, -0.2) is 21.9 Å². The Kier molecular flexibility index (Phi) is 3.67. The number of aryl methyl sites for hydroxylation is 1. The van der Waals surface area contributed by atoms with Crippen LogP contribution in [0.4, 0.5) is 0 Å². The van der Waals surface area contributed by atoms with Gasteiger partial charge in [-0.15, -0.1) is 0 Å². The van der Waals surface area contributed by atoms with Crippen LogP contribution in [0.15, 0.2) is 48.5 Å². The summed E-state index contributed by atoms with van der Waals surface area (Å²) in [5.74, 6) is -0.998. The number of carbonyl (C=O) groups excluding carboxylic acids is 1. The lowest BCUT2D eigenvalue weighted by Gasteiger charge is -2.28. The normalized spacial score (nSPS) is 14.8. The van der Waals surface area contributed by atoms with Gasteiger partial charge in [0.1, 0.15) is 0 Å². The van der Waals surface area contributed by atoms with Crippen molar-refractivity contribution in [1.82, 2.24) is 4.90 Å². The number of carboxylic acids is 1. The highest BCUT2D eigenvalue weighted by Gasteiger charge is 2.34. The van der Waals surface area contributed by atoms with Gasteiger partial charge in [0.15, 0.2) is 0 Å². The van der Waals surface area contributed by atoms with Crippen LogP contribution in [0.5, 0.6) is 0 Å². The molecule has 0 saturated heterocycles. The van der Waals surface area contributed by atoms with Crippen LogP contribution < -0.4 is 0 Å². The lowest BCUT2D eigenvalue weighted by molar-refractivity contribution is -0.138. The van der Waals surface area contributed by atoms with Crippen LogP contribution in [0.1, 0.15) is 39.5 Å². The number of carboxylic acid groups (broad SMARTS) is 1. The van der Waals surface area contributed by atoms with Crippen molar-refractivity contribution in [3.05, 3.63) is 70.8 Å². The molecule has 1 heterocycles. The fraction of sp³-hybridized carbons (Fsp3) is 0.222. The van der Waals surface area contributed by atoms with Crippen molar-refractivity contribution in [2.45, 2.75) is 25.9 Å². The second kappa shape index (κ2) is 5.64. The second-order valence-electron chi connectivity index (χ2n) is 5.56. The first kappa shape index (κ1) is 14.3. The van der Waals surface area contributed by atoms with Crippen molar-refractivity contribution in [2.24, 2.45) is 0 Å². The molecule has 112 valence electrons. The molecule has 1 unspecified atom stereocenters. The van der Waals surface area contributed by atoms with E-state index in [0.29, 0.717) is 12.1 Å². The highest BCUT2D eigenvalue weighted by atomic mass is 16.4. The Labute approximate surface area is 129 Å². The molecule has 0 radical (unpaired) electrons. The van der Waals surface area contributed by atoms with Crippen LogP contribution in [0, 0.1) is 6.92 Å². The SMILES string of the molecule is Cc1ccccc1C(CC(=O)O)N1Cc2ccccc2C1=O. The van der Waals surface area contributed by atoms with Crippen molar-refractivity contribution in [3.8, 4) is 0 Å². The maximum atomic E-state index is 12.6. The van der Waals surface area contributed by atoms with E-state index in [9.17, 15) is 14.7 Å². The maximum Gasteiger partial charge on any atom is 0.305 e. The standard InChI is InChI=1S/C18H17NO3/c1-12-6-2-4-8-14(12)16(10-17(20)21)19-11-13-7-3-5-9-15(13)18(19)22/h2-9,16H,10-11H2,1H3,(H,20,21). The Balaban J connectivity index is 2.00. The number of aliphatic carboxylic acids is 1. The summed E-state index contributed by atoms with van der Waals surface area (Å²) < 4.78 is 0. The van der Waals surface area contributed by atoms with Gasteiger partial charge in [-0.25, -0.2) is 0 Å². The van der Waals surface area contributed by atoms with E-state index in [1.165, 1.54) is 0 Å². The monoisotopic (exact) mass is 295 g/mol. The topological polar surface area (TPSA) is 57.6 Å². The zero-order chi connectivity index (χ0) is 15.7. The van der Waals surface area contributed by atoms with Gasteiger partial charge in [-0.3, -0.25) is 9.59 Å². The van der Waals surface area contributed by atoms with Crippen LogP contribution in [0.2, 0.25) is 0 Å². The minimum absolute atomic E-state index is 0.0925. The van der Waals surface area contributed by atoms with Crippen molar-refractivity contribution >= 4 is 11.9 Å². The summed E-state index contributed by atoms with van der Waals surface area (Å²) in [5.41, 5.74) is 3.52. The van der Waals surface area contributed by atoms with E-state index >= 15 is 0 Å². The highest BCUT2D eigenvalue weighted by Crippen LogP contribution is 2.34. The summed E-state index contributed by atoms with van der Waals surface area (Å²) in [6.45, 7) is 2.40. The molecule has 3 rings (SSSR count). The molecule has 22 heavy (non-hydrogen) atoms. The third kappa shape index (κ3) is 2.48. The van der Waals surface area contributed by atoms with Crippen molar-refractivity contribution in [1.29, 1.82) is 0 Å². The fourth-order valence-corrected chi connectivity index (χ4v) is 3.04. The van der Waals surface area contributed by atoms with Crippen LogP contribution in [-0.2, 0) is 11.3 Å². The lowest BCUT2D eigenvalue weighted by Crippen LogP contribution is -2.31. The Morgan fingerprint density at radius 1 is 1.18 bits per heavy atom. The van der Waals surface area contributed by atoms with E-state index in [0.717, 1.165) is 16.7 Å². The molecule has 2 aromatic carbocycles. The Bertz CT molecular complexity index is 739. The number of fused-ring (bicyclic) bond motifs is 1. The van der Waals surface area contributed by atoms with Crippen molar-refractivity contribution in [2.75, 3.05) is 0 Å². The molecule has 4 nitrogen and oxygen atoms in total. The molecule has 1 atom stereocenters. The van der Waals surface area contributed by atoms with E-state index in [1.807, 2.05) is 49.4 Å². The zero-order valence-electron chi connectivity index (χ0n) is 12.3. The quantitative estimate of drug-likeness (QED) is 0.942. The minimum atomic E-state index is -0.906. The van der Waals surface area contributed by atoms with E-state index in [1.54, 1.807) is 11.0 Å². The number of nitrogens with zero attached hydrogens (tertiary/aromatic N) is 1. The average Bonchev–Trinajstić information content (AvgIpc) is 2.83. The first-order chi connectivity index (χ1) is 10.6. The smallest absolute Gasteiger partial charge is 0.305 e. The zero-order valence-corrected chi connectivity index (χ0v) is 12.3. The molecule has 1 amide bonds. The number of hydrogen-bond acceptors (Lipinski definition) is 2. The van der Waals surface area contributed by atoms with Gasteiger partial charge >= 0.3 is 5.97 Å². The van der Waals surface area contributed by atoms with Gasteiger partial charge in [0.05, 0.1) is 12.5 Å². The third-order valence-electron chi connectivity index (χ3n) is 4.14. The Hall–Kier alpha value is -2.62. The van der Waals surface area contributed by atoms with Crippen molar-refractivity contribution < 1.29 is 14.7 Å². The van der Waals surface area contributed by atoms with E-state index < -0.39 is 12.0 Å². The van der Waals surface area contributed by atoms with Gasteiger partial charge in [-0.2, -0.15) is 0 Å². The average molecular weight is 295 g/mol. The Morgan fingerprint density at radius 2 is 1.86 bits per heavy atom. The van der Waals surface area contributed by atoms with Gasteiger partial charge in [-0.1, -0.05) is 42.5 Å². The molecule has 0 aliphatic carbocycles. The number of hydrogen-bond donors (Lipinski definition) is 1. The predicted molar refractivity (Wildman–Crippen MR) is 82.5 cm³/mol. The summed E-state index contributed by atoms with van der Waals surface area (Å²) in [7, 11) is 0. The molecule has 0 bridgehead atoms. The molecule has 2 aromatic rings. The number of rotatable bonds is 4. The molecule has 1 aliphatic rings. The summed E-state index contributed by atoms with van der Waals surface area (Å²) in [6, 6.07) is 14.6. The Morgan fingerprint density at radius 3 is 2.55 bits per heavy atom. The maximum absolute atomic E-state index is 12.6. The highest BCUT2D eigenvalue weighted by molar-refractivity contribution is 5.98. The summed E-state index contributed by atoms with van der Waals surface area (Å²) in [6.07, 6.45) is -0.0927. The predicted octanol–water partition coefficient (Wildman–Crippen LogP) is 3.17. The summed E-state index contributed by atoms with van der Waals surface area (Å²) in [5, 5.41) is 9.26. The summed E-state index contributed by atoms with van der Waals surface area (Å²) >= 11 is 0. The number of carbonyl (C=O) groups is 2. The van der Waals surface area contributed by atoms with Gasteiger partial charge in [0.25, 0.3) is 5.91 Å². The molecule has 0 aromatic heterocycles. The van der Waals surface area contributed by atoms with Crippen LogP contribution >= 0.6 is 0 Å². The molecule has 0 saturated carbocycles. The molecule has 0 fully saturated rings. The minimum Gasteiger partial charge on any atom is -0.481 e. The molecule has 1 N–H and O–H groups in total. The second-order valence-corrected chi connectivity index (χ2v) is 5.56. The van der Waals surface area contributed by atoms with Gasteiger partial charge < -0.3 is 10.0 Å². The summed E-state index contributed by atoms with van der Waals surface area (Å²) in [4.78, 5) is 25.6. The first-order valence-corrected chi connectivity index (χ1v) is 7.24. The van der Waals surface area contributed by atoms with Crippen LogP contribution in [0.25, 0.3) is 0 Å². The first-order valence-electron chi connectivity index (χ1n) is 7.24. The molecule has 4 heteroatoms. The van der Waals surface area contributed by atoms with Gasteiger partial charge in [0, 0.05) is 12.1 Å². The molecular weight excluding hydrogens is 278 g/mol. The number of benzene rings is 2. The van der Waals surface area contributed by atoms with E-state index in [2.05, 4.69) is 0 Å². The molecule has 0 spiro atoms. The van der Waals surface area contributed by atoms with Gasteiger partial charge in [0.2, 0.25) is 0 Å². The van der Waals surface area contributed by atoms with E-state index in [-0.39, 0.29) is 12.3 Å². The van der Waals surface area contributed by atoms with Gasteiger partial charge in [-0.05, 0) is 29.7 Å². The third-order valence-corrected chi connectivity index (χ3v) is 4.14. The van der Waals surface area contributed by atoms with E-state index in [4.69, 9.17) is 0 Å². The number of amides is 1. The molecular formula is C18H17NO3. The fourth-order valence-electron chi connectivity index (χ4n) is 3.04. The lowest BCUT2D eigenvalue weighted by atomic mass is 9.97. The van der Waals surface area contributed by atoms with Crippen LogP contribution in [0.3, 0.4) is 0 Å². The largest absolute Gasteiger partial charge is 0.481 e.